The molecule has 0 saturated heterocycles. The molecule has 0 saturated carbocycles. The molecule has 6 heteroatoms. The summed E-state index contributed by atoms with van der Waals surface area (Å²) in [5, 5.41) is 0. The van der Waals surface area contributed by atoms with Crippen LogP contribution in [0.3, 0.4) is 0 Å². The lowest BCUT2D eigenvalue weighted by Gasteiger charge is -2.11. The van der Waals surface area contributed by atoms with Gasteiger partial charge in [-0.15, -0.1) is 0 Å². The van der Waals surface area contributed by atoms with E-state index in [0.717, 1.165) is 6.20 Å². The minimum Gasteiger partial charge on any atom is -0.256 e. The van der Waals surface area contributed by atoms with E-state index >= 15 is 0 Å². The zero-order chi connectivity index (χ0) is 10.1. The molecule has 2 nitrogen and oxygen atoms in total. The molecule has 0 aliphatic rings. The first kappa shape index (κ1) is 10.4. The second kappa shape index (κ2) is 3.61. The van der Waals surface area contributed by atoms with Gasteiger partial charge in [-0.1, -0.05) is 15.9 Å². The first-order valence-corrected chi connectivity index (χ1v) is 4.36. The molecule has 72 valence electrons. The number of aromatic nitrogens is 2. The van der Waals surface area contributed by atoms with E-state index in [1.165, 1.54) is 6.20 Å². The third-order valence-electron chi connectivity index (χ3n) is 1.37. The van der Waals surface area contributed by atoms with Gasteiger partial charge in [0.2, 0.25) is 0 Å². The number of nitrogens with zero attached hydrogens (tertiary/aromatic N) is 2. The van der Waals surface area contributed by atoms with Crippen LogP contribution in [0.4, 0.5) is 13.2 Å². The average Bonchev–Trinajstić information content (AvgIpc) is 2.03. The van der Waals surface area contributed by atoms with E-state index < -0.39 is 16.7 Å². The van der Waals surface area contributed by atoms with Crippen LogP contribution in [0.2, 0.25) is 0 Å². The molecule has 0 aromatic carbocycles. The van der Waals surface area contributed by atoms with Crippen LogP contribution in [-0.2, 0) is 6.18 Å². The maximum Gasteiger partial charge on any atom is 0.435 e. The van der Waals surface area contributed by atoms with Crippen molar-refractivity contribution < 1.29 is 13.2 Å². The number of rotatable bonds is 1. The van der Waals surface area contributed by atoms with E-state index in [4.69, 9.17) is 0 Å². The highest BCUT2D eigenvalue weighted by atomic mass is 79.9. The third kappa shape index (κ3) is 2.40. The molecule has 0 aliphatic heterocycles. The van der Waals surface area contributed by atoms with Crippen molar-refractivity contribution in [3.05, 3.63) is 23.8 Å². The molecular formula is C7H6BrF3N2. The van der Waals surface area contributed by atoms with Crippen LogP contribution >= 0.6 is 15.9 Å². The van der Waals surface area contributed by atoms with E-state index in [-0.39, 0.29) is 5.69 Å². The summed E-state index contributed by atoms with van der Waals surface area (Å²) in [6.45, 7) is 1.57. The van der Waals surface area contributed by atoms with Crippen LogP contribution in [0.25, 0.3) is 0 Å². The Bertz CT molecular complexity index is 298. The Morgan fingerprint density at radius 2 is 1.85 bits per heavy atom. The van der Waals surface area contributed by atoms with E-state index in [1.54, 1.807) is 6.92 Å². The first-order chi connectivity index (χ1) is 5.93. The fraction of sp³-hybridized carbons (Fsp3) is 0.429. The van der Waals surface area contributed by atoms with Crippen LogP contribution in [-0.4, -0.2) is 9.97 Å². The monoisotopic (exact) mass is 254 g/mol. The third-order valence-corrected chi connectivity index (χ3v) is 1.81. The van der Waals surface area contributed by atoms with Crippen molar-refractivity contribution in [3.8, 4) is 0 Å². The Labute approximate surface area is 81.3 Å². The Morgan fingerprint density at radius 1 is 1.31 bits per heavy atom. The Morgan fingerprint density at radius 3 is 2.23 bits per heavy atom. The molecule has 0 fully saturated rings. The molecule has 1 rings (SSSR count). The fourth-order valence-electron chi connectivity index (χ4n) is 0.858. The van der Waals surface area contributed by atoms with Crippen LogP contribution in [0.15, 0.2) is 12.4 Å². The van der Waals surface area contributed by atoms with Gasteiger partial charge < -0.3 is 0 Å². The van der Waals surface area contributed by atoms with E-state index in [2.05, 4.69) is 25.9 Å². The summed E-state index contributed by atoms with van der Waals surface area (Å²) in [6, 6.07) is 0. The number of hydrogen-bond acceptors (Lipinski definition) is 2. The van der Waals surface area contributed by atoms with Gasteiger partial charge in [-0.05, 0) is 6.92 Å². The van der Waals surface area contributed by atoms with Gasteiger partial charge in [-0.3, -0.25) is 4.98 Å². The highest BCUT2D eigenvalue weighted by molar-refractivity contribution is 9.09. The predicted octanol–water partition coefficient (Wildman–Crippen LogP) is 2.95. The van der Waals surface area contributed by atoms with Crippen LogP contribution in [0.1, 0.15) is 23.1 Å². The summed E-state index contributed by atoms with van der Waals surface area (Å²) in [6.07, 6.45) is -2.17. The minimum absolute atomic E-state index is 0.0880. The van der Waals surface area contributed by atoms with Gasteiger partial charge in [-0.2, -0.15) is 13.2 Å². The standard InChI is InChI=1S/C7H6BrF3N2/c1-4(8)5-6(7(9,10)11)13-3-2-12-5/h2-4H,1H3. The van der Waals surface area contributed by atoms with Crippen molar-refractivity contribution in [2.24, 2.45) is 0 Å². The van der Waals surface area contributed by atoms with Crippen LogP contribution < -0.4 is 0 Å². The molecule has 1 aromatic heterocycles. The Kier molecular flexibility index (Phi) is 2.90. The van der Waals surface area contributed by atoms with E-state index in [0.29, 0.717) is 0 Å². The molecular weight excluding hydrogens is 249 g/mol. The molecule has 0 radical (unpaired) electrons. The largest absolute Gasteiger partial charge is 0.435 e. The second-order valence-corrected chi connectivity index (χ2v) is 3.78. The SMILES string of the molecule is CC(Br)c1nccnc1C(F)(F)F. The summed E-state index contributed by atoms with van der Waals surface area (Å²) >= 11 is 3.02. The molecule has 0 aliphatic carbocycles. The van der Waals surface area contributed by atoms with E-state index in [9.17, 15) is 13.2 Å². The summed E-state index contributed by atoms with van der Waals surface area (Å²) in [5.74, 6) is 0. The zero-order valence-corrected chi connectivity index (χ0v) is 8.22. The van der Waals surface area contributed by atoms with Gasteiger partial charge in [-0.25, -0.2) is 4.98 Å². The molecule has 1 unspecified atom stereocenters. The molecule has 1 aromatic rings. The topological polar surface area (TPSA) is 25.8 Å². The van der Waals surface area contributed by atoms with E-state index in [1.807, 2.05) is 0 Å². The lowest BCUT2D eigenvalue weighted by molar-refractivity contribution is -0.142. The molecule has 0 amide bonds. The minimum atomic E-state index is -4.44. The lowest BCUT2D eigenvalue weighted by Crippen LogP contribution is -2.13. The summed E-state index contributed by atoms with van der Waals surface area (Å²) in [7, 11) is 0. The molecule has 0 spiro atoms. The van der Waals surface area contributed by atoms with Crippen molar-refractivity contribution in [1.82, 2.24) is 9.97 Å². The van der Waals surface area contributed by atoms with Crippen molar-refractivity contribution in [3.63, 3.8) is 0 Å². The molecule has 13 heavy (non-hydrogen) atoms. The maximum atomic E-state index is 12.3. The lowest BCUT2D eigenvalue weighted by atomic mass is 10.2. The van der Waals surface area contributed by atoms with Crippen molar-refractivity contribution in [1.29, 1.82) is 0 Å². The quantitative estimate of drug-likeness (QED) is 0.721. The average molecular weight is 255 g/mol. The normalized spacial score (nSPS) is 14.2. The smallest absolute Gasteiger partial charge is 0.256 e. The summed E-state index contributed by atoms with van der Waals surface area (Å²) in [5.41, 5.74) is -1.02. The molecule has 0 N–H and O–H groups in total. The van der Waals surface area contributed by atoms with Gasteiger partial charge in [0.15, 0.2) is 5.69 Å². The highest BCUT2D eigenvalue weighted by Gasteiger charge is 2.36. The van der Waals surface area contributed by atoms with Crippen molar-refractivity contribution >= 4 is 15.9 Å². The fourth-order valence-corrected chi connectivity index (χ4v) is 1.19. The number of hydrogen-bond donors (Lipinski definition) is 0. The van der Waals surface area contributed by atoms with Gasteiger partial charge >= 0.3 is 6.18 Å². The number of halogens is 4. The summed E-state index contributed by atoms with van der Waals surface area (Å²) in [4.78, 5) is 6.41. The predicted molar refractivity (Wildman–Crippen MR) is 44.4 cm³/mol. The zero-order valence-electron chi connectivity index (χ0n) is 6.64. The van der Waals surface area contributed by atoms with Crippen LogP contribution in [0.5, 0.6) is 0 Å². The maximum absolute atomic E-state index is 12.3. The summed E-state index contributed by atoms with van der Waals surface area (Å²) < 4.78 is 36.9. The highest BCUT2D eigenvalue weighted by Crippen LogP contribution is 2.33. The molecule has 1 heterocycles. The Balaban J connectivity index is 3.20. The molecule has 1 atom stereocenters. The Hall–Kier alpha value is -0.650. The number of alkyl halides is 4. The first-order valence-electron chi connectivity index (χ1n) is 3.45. The van der Waals surface area contributed by atoms with Gasteiger partial charge in [0, 0.05) is 12.4 Å². The van der Waals surface area contributed by atoms with Crippen molar-refractivity contribution in [2.45, 2.75) is 17.9 Å². The van der Waals surface area contributed by atoms with Crippen LogP contribution in [0, 0.1) is 0 Å². The van der Waals surface area contributed by atoms with Gasteiger partial charge in [0.25, 0.3) is 0 Å². The van der Waals surface area contributed by atoms with Crippen molar-refractivity contribution in [2.75, 3.05) is 0 Å². The van der Waals surface area contributed by atoms with Gasteiger partial charge in [0.1, 0.15) is 0 Å². The second-order valence-electron chi connectivity index (χ2n) is 2.40. The molecule has 0 bridgehead atoms. The van der Waals surface area contributed by atoms with Gasteiger partial charge in [0.05, 0.1) is 10.5 Å².